The van der Waals surface area contributed by atoms with Crippen LogP contribution in [0.15, 0.2) is 153 Å². The molecule has 0 aliphatic carbocycles. The molecule has 1 aliphatic rings. The summed E-state index contributed by atoms with van der Waals surface area (Å²) in [6.07, 6.45) is 5.23. The lowest BCUT2D eigenvalue weighted by Crippen LogP contribution is -2.48. The van der Waals surface area contributed by atoms with Gasteiger partial charge in [-0.1, -0.05) is 30.3 Å². The molecule has 10 aromatic rings. The molecule has 0 spiro atoms. The van der Waals surface area contributed by atoms with Crippen molar-refractivity contribution in [2.75, 3.05) is 113 Å². The molecular weight excluding hydrogens is 1260 g/mol. The summed E-state index contributed by atoms with van der Waals surface area (Å²) in [5, 5.41) is 0. The summed E-state index contributed by atoms with van der Waals surface area (Å²) in [6.45, 7) is 13.5. The predicted octanol–water partition coefficient (Wildman–Crippen LogP) is 11.2. The Morgan fingerprint density at radius 1 is 0.524 bits per heavy atom. The number of likely N-dealkylation sites (N-methyl/N-ethyl adjacent to an activating group) is 1. The van der Waals surface area contributed by atoms with Crippen molar-refractivity contribution in [1.29, 1.82) is 0 Å². The summed E-state index contributed by atoms with van der Waals surface area (Å²) in [5.41, 5.74) is 9.10. The van der Waals surface area contributed by atoms with Gasteiger partial charge in [0, 0.05) is 135 Å². The number of aromatic amines is 3. The van der Waals surface area contributed by atoms with Crippen LogP contribution < -0.4 is 14.2 Å². The van der Waals surface area contributed by atoms with Gasteiger partial charge in [0.05, 0.1) is 29.8 Å². The van der Waals surface area contributed by atoms with Gasteiger partial charge in [0.2, 0.25) is 5.91 Å². The van der Waals surface area contributed by atoms with Crippen LogP contribution in [0.4, 0.5) is 0 Å². The number of rotatable bonds is 23. The number of piperazine rings is 1. The molecule has 6 aromatic heterocycles. The number of imidazole rings is 3. The topological polar surface area (TPSA) is 201 Å². The maximum Gasteiger partial charge on any atom is 0.219 e. The number of H-pyrrole nitrogens is 3. The van der Waals surface area contributed by atoms with Crippen molar-refractivity contribution in [1.82, 2.24) is 64.5 Å². The number of methoxy groups -OCH3 is 2. The van der Waals surface area contributed by atoms with E-state index in [1.165, 1.54) is 5.56 Å². The normalized spacial score (nSPS) is 12.6. The van der Waals surface area contributed by atoms with E-state index >= 15 is 0 Å². The van der Waals surface area contributed by atoms with E-state index in [4.69, 9.17) is 23.7 Å². The summed E-state index contributed by atoms with van der Waals surface area (Å²) in [4.78, 5) is 56.5. The zero-order chi connectivity index (χ0) is 58.6. The van der Waals surface area contributed by atoms with Gasteiger partial charge in [0.25, 0.3) is 0 Å². The smallest absolute Gasteiger partial charge is 0.219 e. The Morgan fingerprint density at radius 2 is 0.917 bits per heavy atom. The molecule has 0 radical (unpaired) electrons. The van der Waals surface area contributed by atoms with Crippen molar-refractivity contribution in [2.45, 2.75) is 13.5 Å². The molecule has 1 aliphatic heterocycles. The van der Waals surface area contributed by atoms with Crippen LogP contribution in [-0.2, 0) is 20.8 Å². The third-order valence-corrected chi connectivity index (χ3v) is 15.0. The first-order chi connectivity index (χ1) is 40.9. The highest BCUT2D eigenvalue weighted by molar-refractivity contribution is 9.11. The van der Waals surface area contributed by atoms with Gasteiger partial charge in [-0.3, -0.25) is 19.5 Å². The molecule has 22 heteroatoms. The van der Waals surface area contributed by atoms with Crippen molar-refractivity contribution >= 4 is 87.2 Å². The highest BCUT2D eigenvalue weighted by atomic mass is 79.9. The minimum Gasteiger partial charge on any atom is -0.492 e. The van der Waals surface area contributed by atoms with E-state index in [0.29, 0.717) is 50.0 Å². The zero-order valence-corrected chi connectivity index (χ0v) is 52.2. The molecular formula is C62H68Br3N13O6. The number of carbonyl (C=O) groups excluding carboxylic acids is 1. The number of carbonyl (C=O) groups is 1. The average Bonchev–Trinajstić information content (AvgIpc) is 4.36. The Kier molecular flexibility index (Phi) is 22.8. The van der Waals surface area contributed by atoms with Crippen molar-refractivity contribution in [3.05, 3.63) is 159 Å². The first kappa shape index (κ1) is 61.4. The molecule has 84 heavy (non-hydrogen) atoms. The number of nitrogens with one attached hydrogen (secondary N) is 3. The molecule has 3 N–H and O–H groups in total. The highest BCUT2D eigenvalue weighted by Gasteiger charge is 2.19. The zero-order valence-electron chi connectivity index (χ0n) is 47.4. The van der Waals surface area contributed by atoms with Crippen LogP contribution in [0.2, 0.25) is 0 Å². The number of hydrogen-bond acceptors (Lipinski definition) is 15. The van der Waals surface area contributed by atoms with Crippen LogP contribution >= 0.6 is 47.8 Å². The van der Waals surface area contributed by atoms with Crippen LogP contribution in [0.3, 0.4) is 0 Å². The van der Waals surface area contributed by atoms with Crippen molar-refractivity contribution < 1.29 is 28.5 Å². The minimum atomic E-state index is 0.156. The fourth-order valence-corrected chi connectivity index (χ4v) is 10.1. The Hall–Kier alpha value is -7.15. The van der Waals surface area contributed by atoms with E-state index < -0.39 is 0 Å². The van der Waals surface area contributed by atoms with Gasteiger partial charge in [-0.2, -0.15) is 0 Å². The van der Waals surface area contributed by atoms with E-state index in [1.807, 2.05) is 102 Å². The third-order valence-electron chi connectivity index (χ3n) is 13.7. The van der Waals surface area contributed by atoms with Gasteiger partial charge in [0.15, 0.2) is 16.9 Å². The Bertz CT molecular complexity index is 3630. The third kappa shape index (κ3) is 18.2. The molecule has 19 nitrogen and oxygen atoms in total. The van der Waals surface area contributed by atoms with Gasteiger partial charge in [0.1, 0.15) is 54.5 Å². The monoisotopic (exact) mass is 1330 g/mol. The summed E-state index contributed by atoms with van der Waals surface area (Å²) in [5.74, 6) is 5.06. The maximum atomic E-state index is 11.4. The lowest BCUT2D eigenvalue weighted by atomic mass is 10.2. The first-order valence-corrected chi connectivity index (χ1v) is 30.0. The van der Waals surface area contributed by atoms with Gasteiger partial charge < -0.3 is 43.5 Å². The standard InChI is InChI=1S/C22H21BrN4O.C20H22BrN5O2.C20H25BrN4O3/c1-27(15-16-5-3-2-4-6-16)11-12-28-19-9-7-17(8-10-19)21-25-20-13-18(23)14-24-22(20)26-21;1-14(27)26-8-6-25(7-9-26)10-11-28-17-4-2-15(3-5-17)19-23-18-12-16(21)13-22-20(18)24-19;1-26-10-7-25(8-11-27-2)9-12-28-17-5-3-15(4-6-17)19-23-18-13-16(21)14-22-20(18)24-19/h2-10,13-14H,11-12,15H2,1H3,(H,24,25,26);2-5,12-13H,6-11H2,1H3,(H,22,23,24);3-6,13-14H,7-12H2,1-2H3,(H,22,23,24). The Morgan fingerprint density at radius 3 is 1.32 bits per heavy atom. The molecule has 0 bridgehead atoms. The molecule has 7 heterocycles. The summed E-state index contributed by atoms with van der Waals surface area (Å²) < 4.78 is 30.7. The number of nitrogens with zero attached hydrogens (tertiary/aromatic N) is 10. The number of halogens is 3. The van der Waals surface area contributed by atoms with Crippen LogP contribution in [-0.4, -0.2) is 184 Å². The Balaban J connectivity index is 0.000000151. The quantitative estimate of drug-likeness (QED) is 0.0546. The molecule has 0 unspecified atom stereocenters. The second-order valence-electron chi connectivity index (χ2n) is 19.8. The van der Waals surface area contributed by atoms with Crippen molar-refractivity contribution in [3.8, 4) is 51.4 Å². The van der Waals surface area contributed by atoms with E-state index in [2.05, 4.69) is 139 Å². The molecule has 4 aromatic carbocycles. The van der Waals surface area contributed by atoms with Gasteiger partial charge >= 0.3 is 0 Å². The van der Waals surface area contributed by atoms with Gasteiger partial charge in [-0.25, -0.2) is 29.9 Å². The molecule has 1 amide bonds. The number of pyridine rings is 3. The van der Waals surface area contributed by atoms with E-state index in [-0.39, 0.29) is 5.91 Å². The second-order valence-corrected chi connectivity index (χ2v) is 22.6. The van der Waals surface area contributed by atoms with Gasteiger partial charge in [-0.15, -0.1) is 0 Å². The minimum absolute atomic E-state index is 0.156. The summed E-state index contributed by atoms with van der Waals surface area (Å²) >= 11 is 10.3. The molecule has 11 rings (SSSR count). The lowest BCUT2D eigenvalue weighted by Gasteiger charge is -2.34. The largest absolute Gasteiger partial charge is 0.492 e. The summed E-state index contributed by atoms with van der Waals surface area (Å²) in [7, 11) is 5.53. The number of fused-ring (bicyclic) bond motifs is 3. The Labute approximate surface area is 513 Å². The van der Waals surface area contributed by atoms with E-state index in [1.54, 1.807) is 39.7 Å². The van der Waals surface area contributed by atoms with E-state index in [0.717, 1.165) is 147 Å². The van der Waals surface area contributed by atoms with Crippen LogP contribution in [0.1, 0.15) is 12.5 Å². The van der Waals surface area contributed by atoms with Crippen molar-refractivity contribution in [2.24, 2.45) is 0 Å². The fraction of sp³-hybridized carbons (Fsp3) is 0.306. The average molecular weight is 1330 g/mol. The van der Waals surface area contributed by atoms with Crippen LogP contribution in [0, 0.1) is 0 Å². The number of amides is 1. The number of aromatic nitrogens is 9. The molecule has 0 atom stereocenters. The van der Waals surface area contributed by atoms with Crippen LogP contribution in [0.5, 0.6) is 17.2 Å². The predicted molar refractivity (Wildman–Crippen MR) is 339 cm³/mol. The SMILES string of the molecule is CC(=O)N1CCN(CCOc2ccc(-c3nc4ncc(Br)cc4[nH]3)cc2)CC1.CN(CCOc1ccc(-c2nc3ncc(Br)cc3[nH]2)cc1)Cc1ccccc1.COCCN(CCOC)CCOc1ccc(-c2nc3ncc(Br)cc3[nH]2)cc1. The number of benzene rings is 4. The molecule has 1 saturated heterocycles. The molecule has 1 fully saturated rings. The lowest BCUT2D eigenvalue weighted by molar-refractivity contribution is -0.130. The fourth-order valence-electron chi connectivity index (χ4n) is 9.10. The highest BCUT2D eigenvalue weighted by Crippen LogP contribution is 2.27. The van der Waals surface area contributed by atoms with Crippen molar-refractivity contribution in [3.63, 3.8) is 0 Å². The summed E-state index contributed by atoms with van der Waals surface area (Å²) in [6, 6.07) is 40.1. The molecule has 0 saturated carbocycles. The second kappa shape index (κ2) is 31.1. The maximum absolute atomic E-state index is 11.4. The number of hydrogen-bond donors (Lipinski definition) is 3. The number of ether oxygens (including phenoxy) is 5. The molecule has 438 valence electrons. The van der Waals surface area contributed by atoms with Gasteiger partial charge in [-0.05, 0) is 151 Å². The van der Waals surface area contributed by atoms with Crippen LogP contribution in [0.25, 0.3) is 67.7 Å². The van der Waals surface area contributed by atoms with E-state index in [9.17, 15) is 4.79 Å². The first-order valence-electron chi connectivity index (χ1n) is 27.6.